The molecule has 0 aliphatic carbocycles. The topological polar surface area (TPSA) is 55.6 Å². The van der Waals surface area contributed by atoms with E-state index in [0.717, 1.165) is 13.0 Å². The van der Waals surface area contributed by atoms with Crippen molar-refractivity contribution in [1.29, 1.82) is 0 Å². The average Bonchev–Trinajstić information content (AvgIpc) is 2.19. The van der Waals surface area contributed by atoms with Gasteiger partial charge >= 0.3 is 0 Å². The Morgan fingerprint density at radius 2 is 2.38 bits per heavy atom. The zero-order valence-corrected chi connectivity index (χ0v) is 7.74. The summed E-state index contributed by atoms with van der Waals surface area (Å²) in [4.78, 5) is 13.2. The van der Waals surface area contributed by atoms with Gasteiger partial charge in [-0.05, 0) is 6.42 Å². The fraction of sp³-hybridized carbons (Fsp3) is 0.667. The molecule has 4 heteroatoms. The Hall–Kier alpha value is -0.870. The third-order valence-electron chi connectivity index (χ3n) is 1.90. The molecule has 0 fully saturated rings. The van der Waals surface area contributed by atoms with E-state index in [9.17, 15) is 4.79 Å². The van der Waals surface area contributed by atoms with Crippen molar-refractivity contribution in [3.8, 4) is 0 Å². The van der Waals surface area contributed by atoms with Gasteiger partial charge in [-0.15, -0.1) is 0 Å². The van der Waals surface area contributed by atoms with Gasteiger partial charge in [0.15, 0.2) is 0 Å². The highest BCUT2D eigenvalue weighted by Crippen LogP contribution is 2.01. The normalized spacial score (nSPS) is 16.2. The predicted molar refractivity (Wildman–Crippen MR) is 50.2 cm³/mol. The van der Waals surface area contributed by atoms with Gasteiger partial charge in [-0.1, -0.05) is 12.2 Å². The molecular formula is C9H16N2O2. The Morgan fingerprint density at radius 3 is 3.00 bits per heavy atom. The number of amides is 1. The number of nitrogens with two attached hydrogens (primary N) is 1. The van der Waals surface area contributed by atoms with E-state index in [1.807, 2.05) is 6.08 Å². The summed E-state index contributed by atoms with van der Waals surface area (Å²) in [6.07, 6.45) is 5.04. The van der Waals surface area contributed by atoms with Gasteiger partial charge < -0.3 is 15.4 Å². The summed E-state index contributed by atoms with van der Waals surface area (Å²) in [6.45, 7) is 2.60. The first-order valence-electron chi connectivity index (χ1n) is 4.55. The second-order valence-corrected chi connectivity index (χ2v) is 2.94. The molecule has 4 nitrogen and oxygen atoms in total. The maximum atomic E-state index is 11.4. The molecule has 0 unspecified atom stereocenters. The minimum atomic E-state index is 0.0535. The van der Waals surface area contributed by atoms with Crippen molar-refractivity contribution < 1.29 is 9.53 Å². The number of carbonyl (C=O) groups excluding carboxylic acids is 1. The Bertz CT molecular complexity index is 192. The highest BCUT2D eigenvalue weighted by atomic mass is 16.5. The predicted octanol–water partition coefficient (Wildman–Crippen LogP) is -0.250. The fourth-order valence-corrected chi connectivity index (χ4v) is 1.20. The fourth-order valence-electron chi connectivity index (χ4n) is 1.20. The molecule has 74 valence electrons. The zero-order chi connectivity index (χ0) is 9.52. The van der Waals surface area contributed by atoms with Gasteiger partial charge in [0.1, 0.15) is 6.61 Å². The highest BCUT2D eigenvalue weighted by Gasteiger charge is 2.12. The van der Waals surface area contributed by atoms with Crippen LogP contribution >= 0.6 is 0 Å². The van der Waals surface area contributed by atoms with E-state index >= 15 is 0 Å². The van der Waals surface area contributed by atoms with Gasteiger partial charge in [0.2, 0.25) is 5.91 Å². The molecule has 0 saturated heterocycles. The Labute approximate surface area is 78.3 Å². The van der Waals surface area contributed by atoms with Crippen LogP contribution in [-0.4, -0.2) is 43.7 Å². The van der Waals surface area contributed by atoms with Crippen LogP contribution in [0.4, 0.5) is 0 Å². The first kappa shape index (κ1) is 10.2. The lowest BCUT2D eigenvalue weighted by molar-refractivity contribution is -0.135. The lowest BCUT2D eigenvalue weighted by Gasteiger charge is -2.23. The van der Waals surface area contributed by atoms with Crippen molar-refractivity contribution in [3.05, 3.63) is 12.2 Å². The number of carbonyl (C=O) groups is 1. The van der Waals surface area contributed by atoms with E-state index < -0.39 is 0 Å². The lowest BCUT2D eigenvalue weighted by atomic mass is 10.2. The molecule has 13 heavy (non-hydrogen) atoms. The van der Waals surface area contributed by atoms with Crippen LogP contribution in [0.3, 0.4) is 0 Å². The minimum Gasteiger partial charge on any atom is -0.370 e. The molecule has 0 radical (unpaired) electrons. The summed E-state index contributed by atoms with van der Waals surface area (Å²) < 4.78 is 5.06. The van der Waals surface area contributed by atoms with Gasteiger partial charge in [0.05, 0.1) is 6.61 Å². The van der Waals surface area contributed by atoms with Crippen LogP contribution in [0.5, 0.6) is 0 Å². The highest BCUT2D eigenvalue weighted by molar-refractivity contribution is 5.77. The average molecular weight is 184 g/mol. The molecule has 0 aromatic rings. The van der Waals surface area contributed by atoms with E-state index in [4.69, 9.17) is 10.5 Å². The number of hydrogen-bond donors (Lipinski definition) is 1. The van der Waals surface area contributed by atoms with E-state index in [2.05, 4.69) is 6.08 Å². The number of ether oxygens (including phenoxy) is 1. The molecule has 1 rings (SSSR count). The Morgan fingerprint density at radius 1 is 1.54 bits per heavy atom. The van der Waals surface area contributed by atoms with Gasteiger partial charge in [-0.25, -0.2) is 0 Å². The monoisotopic (exact) mass is 184 g/mol. The summed E-state index contributed by atoms with van der Waals surface area (Å²) in [5, 5.41) is 0. The van der Waals surface area contributed by atoms with Crippen LogP contribution in [-0.2, 0) is 9.53 Å². The summed E-state index contributed by atoms with van der Waals surface area (Å²) >= 11 is 0. The van der Waals surface area contributed by atoms with Gasteiger partial charge in [0.25, 0.3) is 0 Å². The summed E-state index contributed by atoms with van der Waals surface area (Å²) in [6, 6.07) is 0. The van der Waals surface area contributed by atoms with Crippen LogP contribution in [0.25, 0.3) is 0 Å². The maximum Gasteiger partial charge on any atom is 0.248 e. The molecule has 1 heterocycles. The van der Waals surface area contributed by atoms with Crippen molar-refractivity contribution >= 4 is 5.91 Å². The molecular weight excluding hydrogens is 168 g/mol. The van der Waals surface area contributed by atoms with Crippen LogP contribution < -0.4 is 5.73 Å². The molecule has 1 amide bonds. The second-order valence-electron chi connectivity index (χ2n) is 2.94. The van der Waals surface area contributed by atoms with E-state index in [-0.39, 0.29) is 12.5 Å². The molecule has 1 aliphatic heterocycles. The number of nitrogens with zero attached hydrogens (tertiary/aromatic N) is 1. The first-order valence-corrected chi connectivity index (χ1v) is 4.55. The van der Waals surface area contributed by atoms with E-state index in [1.165, 1.54) is 0 Å². The molecule has 0 aromatic carbocycles. The zero-order valence-electron chi connectivity index (χ0n) is 7.74. The van der Waals surface area contributed by atoms with Crippen LogP contribution in [0.2, 0.25) is 0 Å². The largest absolute Gasteiger partial charge is 0.370 e. The van der Waals surface area contributed by atoms with Crippen molar-refractivity contribution in [3.63, 3.8) is 0 Å². The molecule has 1 aliphatic rings. The van der Waals surface area contributed by atoms with Crippen LogP contribution in [0, 0.1) is 0 Å². The minimum absolute atomic E-state index is 0.0535. The SMILES string of the molecule is NCCOCC(=O)N1CC=CCC1. The molecule has 0 aromatic heterocycles. The molecule has 0 bridgehead atoms. The number of rotatable bonds is 4. The summed E-state index contributed by atoms with van der Waals surface area (Å²) in [7, 11) is 0. The number of hydrogen-bond acceptors (Lipinski definition) is 3. The third kappa shape index (κ3) is 3.57. The molecule has 0 atom stereocenters. The summed E-state index contributed by atoms with van der Waals surface area (Å²) in [5.41, 5.74) is 5.23. The van der Waals surface area contributed by atoms with E-state index in [0.29, 0.717) is 19.7 Å². The molecule has 2 N–H and O–H groups in total. The quantitative estimate of drug-likeness (QED) is 0.484. The standard InChI is InChI=1S/C9H16N2O2/c10-4-7-13-8-9(12)11-5-2-1-3-6-11/h1-2H,3-8,10H2. The first-order chi connectivity index (χ1) is 6.34. The summed E-state index contributed by atoms with van der Waals surface area (Å²) in [5.74, 6) is 0.0535. The van der Waals surface area contributed by atoms with Gasteiger partial charge in [-0.2, -0.15) is 0 Å². The Kier molecular flexibility index (Phi) is 4.49. The Balaban J connectivity index is 2.18. The molecule has 0 saturated carbocycles. The van der Waals surface area contributed by atoms with E-state index in [1.54, 1.807) is 4.90 Å². The van der Waals surface area contributed by atoms with Crippen LogP contribution in [0.15, 0.2) is 12.2 Å². The van der Waals surface area contributed by atoms with Gasteiger partial charge in [0, 0.05) is 19.6 Å². The van der Waals surface area contributed by atoms with Gasteiger partial charge in [-0.3, -0.25) is 4.79 Å². The van der Waals surface area contributed by atoms with Crippen molar-refractivity contribution in [1.82, 2.24) is 4.90 Å². The van der Waals surface area contributed by atoms with Crippen molar-refractivity contribution in [2.45, 2.75) is 6.42 Å². The van der Waals surface area contributed by atoms with Crippen molar-refractivity contribution in [2.75, 3.05) is 32.8 Å². The smallest absolute Gasteiger partial charge is 0.248 e. The molecule has 0 spiro atoms. The maximum absolute atomic E-state index is 11.4. The third-order valence-corrected chi connectivity index (χ3v) is 1.90. The van der Waals surface area contributed by atoms with Crippen LogP contribution in [0.1, 0.15) is 6.42 Å². The second kappa shape index (κ2) is 5.72. The van der Waals surface area contributed by atoms with Crippen molar-refractivity contribution in [2.24, 2.45) is 5.73 Å². The lowest BCUT2D eigenvalue weighted by Crippen LogP contribution is -2.36.